The van der Waals surface area contributed by atoms with Crippen LogP contribution in [0.15, 0.2) is 15.4 Å². The second-order valence-corrected chi connectivity index (χ2v) is 8.84. The summed E-state index contributed by atoms with van der Waals surface area (Å²) in [6.45, 7) is 6.25. The van der Waals surface area contributed by atoms with E-state index in [1.54, 1.807) is 11.8 Å². The van der Waals surface area contributed by atoms with Gasteiger partial charge < -0.3 is 10.2 Å². The largest absolute Gasteiger partial charge is 0.355 e. The van der Waals surface area contributed by atoms with E-state index in [2.05, 4.69) is 25.6 Å². The van der Waals surface area contributed by atoms with Crippen LogP contribution in [0, 0.1) is 11.5 Å². The quantitative estimate of drug-likeness (QED) is 0.141. The van der Waals surface area contributed by atoms with Gasteiger partial charge in [-0.05, 0) is 26.7 Å². The summed E-state index contributed by atoms with van der Waals surface area (Å²) < 4.78 is 0. The number of aromatic nitrogens is 1. The number of nitrogens with zero attached hydrogens (tertiary/aromatic N) is 5. The molecule has 0 atom stereocenters. The van der Waals surface area contributed by atoms with Crippen LogP contribution in [0.25, 0.3) is 0 Å². The number of rotatable bonds is 10. The zero-order valence-corrected chi connectivity index (χ0v) is 19.4. The second kappa shape index (κ2) is 14.0. The van der Waals surface area contributed by atoms with Gasteiger partial charge in [0, 0.05) is 36.0 Å². The number of nitrogens with one attached hydrogen (secondary N) is 2. The van der Waals surface area contributed by atoms with Gasteiger partial charge in [0.2, 0.25) is 12.4 Å². The third-order valence-corrected chi connectivity index (χ3v) is 6.71. The predicted octanol–water partition coefficient (Wildman–Crippen LogP) is 2.97. The standard InChI is InChI=1S/C20H31N7OS2/c1-3-27(4-2)18(24-15-28)19-25-17(13-30-19)12-29-11-10-22-20(23-14-21)26-16-8-6-5-7-9-16/h13,15-16H,3-12H2,1-2H3,(H2,22,23,26). The first kappa shape index (κ1) is 24.2. The molecule has 0 saturated heterocycles. The molecule has 1 heterocycles. The van der Waals surface area contributed by atoms with E-state index in [0.29, 0.717) is 30.8 Å². The number of aliphatic imine (C=N–C) groups is 2. The molecular formula is C20H31N7OS2. The van der Waals surface area contributed by atoms with Crippen LogP contribution < -0.4 is 10.6 Å². The molecule has 1 aliphatic rings. The number of nitriles is 1. The number of thioether (sulfide) groups is 1. The first-order valence-electron chi connectivity index (χ1n) is 10.5. The first-order valence-corrected chi connectivity index (χ1v) is 12.5. The monoisotopic (exact) mass is 449 g/mol. The summed E-state index contributed by atoms with van der Waals surface area (Å²) in [6, 6.07) is 0.410. The Balaban J connectivity index is 1.82. The molecule has 1 fully saturated rings. The van der Waals surface area contributed by atoms with E-state index in [4.69, 9.17) is 5.26 Å². The normalized spacial score (nSPS) is 15.5. The van der Waals surface area contributed by atoms with Crippen LogP contribution in [0.2, 0.25) is 0 Å². The molecule has 1 aliphatic carbocycles. The van der Waals surface area contributed by atoms with Crippen LogP contribution in [0.4, 0.5) is 0 Å². The third kappa shape index (κ3) is 7.95. The Morgan fingerprint density at radius 2 is 2.17 bits per heavy atom. The lowest BCUT2D eigenvalue weighted by atomic mass is 9.96. The SMILES string of the molecule is CCN(CC)C(=NC=O)c1nc(CSCCN=C(NC#N)NC2CCCCC2)cs1. The Bertz CT molecular complexity index is 747. The maximum Gasteiger partial charge on any atom is 0.234 e. The molecule has 8 nitrogen and oxygen atoms in total. The average Bonchev–Trinajstić information content (AvgIpc) is 3.23. The van der Waals surface area contributed by atoms with E-state index < -0.39 is 0 Å². The van der Waals surface area contributed by atoms with Crippen LogP contribution in [0.5, 0.6) is 0 Å². The third-order valence-electron chi connectivity index (χ3n) is 4.86. The summed E-state index contributed by atoms with van der Waals surface area (Å²) in [5.74, 6) is 2.83. The lowest BCUT2D eigenvalue weighted by molar-refractivity contribution is -0.106. The number of amidine groups is 1. The molecule has 2 N–H and O–H groups in total. The van der Waals surface area contributed by atoms with Gasteiger partial charge in [-0.2, -0.15) is 22.0 Å². The molecule has 0 aliphatic heterocycles. The molecule has 1 saturated carbocycles. The van der Waals surface area contributed by atoms with Crippen molar-refractivity contribution in [2.75, 3.05) is 25.4 Å². The topological polar surface area (TPSA) is 106 Å². The maximum absolute atomic E-state index is 10.9. The van der Waals surface area contributed by atoms with Crippen molar-refractivity contribution in [3.8, 4) is 6.19 Å². The predicted molar refractivity (Wildman–Crippen MR) is 125 cm³/mol. The number of guanidine groups is 1. The minimum absolute atomic E-state index is 0.410. The lowest BCUT2D eigenvalue weighted by Gasteiger charge is -2.23. The molecule has 0 radical (unpaired) electrons. The molecule has 164 valence electrons. The van der Waals surface area contributed by atoms with Crippen molar-refractivity contribution in [2.24, 2.45) is 9.98 Å². The van der Waals surface area contributed by atoms with Crippen molar-refractivity contribution in [1.82, 2.24) is 20.5 Å². The molecular weight excluding hydrogens is 418 g/mol. The van der Waals surface area contributed by atoms with Gasteiger partial charge in [-0.3, -0.25) is 15.1 Å². The zero-order valence-electron chi connectivity index (χ0n) is 17.8. The van der Waals surface area contributed by atoms with Crippen LogP contribution >= 0.6 is 23.1 Å². The number of amides is 1. The van der Waals surface area contributed by atoms with Gasteiger partial charge in [0.05, 0.1) is 12.2 Å². The number of hydrogen-bond donors (Lipinski definition) is 2. The van der Waals surface area contributed by atoms with Crippen molar-refractivity contribution < 1.29 is 4.79 Å². The lowest BCUT2D eigenvalue weighted by Crippen LogP contribution is -2.42. The van der Waals surface area contributed by atoms with Crippen molar-refractivity contribution >= 4 is 41.3 Å². The molecule has 0 aromatic carbocycles. The Hall–Kier alpha value is -2.12. The Morgan fingerprint density at radius 1 is 1.40 bits per heavy atom. The van der Waals surface area contributed by atoms with Gasteiger partial charge in [-0.15, -0.1) is 11.3 Å². The van der Waals surface area contributed by atoms with E-state index in [0.717, 1.165) is 48.1 Å². The molecule has 30 heavy (non-hydrogen) atoms. The van der Waals surface area contributed by atoms with Crippen molar-refractivity contribution in [3.63, 3.8) is 0 Å². The summed E-state index contributed by atoms with van der Waals surface area (Å²) in [4.78, 5) is 26.1. The van der Waals surface area contributed by atoms with Gasteiger partial charge in [0.25, 0.3) is 0 Å². The van der Waals surface area contributed by atoms with E-state index >= 15 is 0 Å². The number of carbonyl (C=O) groups is 1. The summed E-state index contributed by atoms with van der Waals surface area (Å²) in [6.07, 6.45) is 8.58. The smallest absolute Gasteiger partial charge is 0.234 e. The Kier molecular flexibility index (Phi) is 11.3. The molecule has 0 unspecified atom stereocenters. The molecule has 1 amide bonds. The molecule has 1 aromatic rings. The van der Waals surface area contributed by atoms with Gasteiger partial charge in [-0.1, -0.05) is 19.3 Å². The van der Waals surface area contributed by atoms with E-state index in [9.17, 15) is 4.79 Å². The van der Waals surface area contributed by atoms with Crippen molar-refractivity contribution in [2.45, 2.75) is 57.7 Å². The maximum atomic E-state index is 10.9. The highest BCUT2D eigenvalue weighted by atomic mass is 32.2. The Labute approximate surface area is 187 Å². The fourth-order valence-electron chi connectivity index (χ4n) is 3.33. The minimum Gasteiger partial charge on any atom is -0.355 e. The van der Waals surface area contributed by atoms with Crippen molar-refractivity contribution in [3.05, 3.63) is 16.1 Å². The van der Waals surface area contributed by atoms with E-state index in [1.165, 1.54) is 30.6 Å². The van der Waals surface area contributed by atoms with Crippen LogP contribution in [-0.4, -0.2) is 59.5 Å². The first-order chi connectivity index (χ1) is 14.7. The number of hydrogen-bond acceptors (Lipinski definition) is 6. The highest BCUT2D eigenvalue weighted by molar-refractivity contribution is 7.98. The second-order valence-electron chi connectivity index (χ2n) is 6.87. The number of thiazole rings is 1. The number of carbonyl (C=O) groups excluding carboxylic acids is 1. The molecule has 0 spiro atoms. The highest BCUT2D eigenvalue weighted by Gasteiger charge is 2.15. The molecule has 1 aromatic heterocycles. The molecule has 2 rings (SSSR count). The Morgan fingerprint density at radius 3 is 2.83 bits per heavy atom. The van der Waals surface area contributed by atoms with Gasteiger partial charge >= 0.3 is 0 Å². The summed E-state index contributed by atoms with van der Waals surface area (Å²) in [5.41, 5.74) is 0.977. The summed E-state index contributed by atoms with van der Waals surface area (Å²) in [5, 5.41) is 17.8. The fourth-order valence-corrected chi connectivity index (χ4v) is 5.00. The summed E-state index contributed by atoms with van der Waals surface area (Å²) in [7, 11) is 0. The van der Waals surface area contributed by atoms with Crippen LogP contribution in [0.3, 0.4) is 0 Å². The van der Waals surface area contributed by atoms with E-state index in [1.807, 2.05) is 30.3 Å². The van der Waals surface area contributed by atoms with Crippen molar-refractivity contribution in [1.29, 1.82) is 5.26 Å². The highest BCUT2D eigenvalue weighted by Crippen LogP contribution is 2.19. The zero-order chi connectivity index (χ0) is 21.6. The molecule has 10 heteroatoms. The minimum atomic E-state index is 0.410. The van der Waals surface area contributed by atoms with Crippen LogP contribution in [0.1, 0.15) is 56.7 Å². The fraction of sp³-hybridized carbons (Fsp3) is 0.650. The van der Waals surface area contributed by atoms with Crippen LogP contribution in [-0.2, 0) is 10.5 Å². The van der Waals surface area contributed by atoms with Gasteiger partial charge in [-0.25, -0.2) is 4.98 Å². The summed E-state index contributed by atoms with van der Waals surface area (Å²) >= 11 is 3.26. The van der Waals surface area contributed by atoms with Gasteiger partial charge in [0.15, 0.2) is 17.0 Å². The average molecular weight is 450 g/mol. The molecule has 0 bridgehead atoms. The van der Waals surface area contributed by atoms with Gasteiger partial charge in [0.1, 0.15) is 0 Å². The van der Waals surface area contributed by atoms with E-state index in [-0.39, 0.29) is 0 Å².